The number of nitrogens with one attached hydrogen (secondary N) is 1. The molecule has 0 radical (unpaired) electrons. The van der Waals surface area contributed by atoms with Crippen LogP contribution in [0.4, 0.5) is 13.2 Å². The lowest BCUT2D eigenvalue weighted by Gasteiger charge is -2.21. The van der Waals surface area contributed by atoms with Crippen LogP contribution in [0.3, 0.4) is 0 Å². The number of aromatic nitrogens is 3. The van der Waals surface area contributed by atoms with Gasteiger partial charge in [0.15, 0.2) is 17.3 Å². The number of nitrogens with zero attached hydrogens (tertiary/aromatic N) is 3. The third-order valence-electron chi connectivity index (χ3n) is 5.30. The molecule has 33 heavy (non-hydrogen) atoms. The average Bonchev–Trinajstić information content (AvgIpc) is 3.24. The number of carbonyl (C=O) groups excluding carboxylic acids is 1. The lowest BCUT2D eigenvalue weighted by molar-refractivity contribution is -0.137. The molecule has 1 aliphatic heterocycles. The van der Waals surface area contributed by atoms with E-state index in [2.05, 4.69) is 15.4 Å². The first-order valence-corrected chi connectivity index (χ1v) is 10.5. The predicted molar refractivity (Wildman–Crippen MR) is 114 cm³/mol. The summed E-state index contributed by atoms with van der Waals surface area (Å²) in [4.78, 5) is 17.0. The summed E-state index contributed by atoms with van der Waals surface area (Å²) in [5.74, 6) is 1.01. The summed E-state index contributed by atoms with van der Waals surface area (Å²) in [5.41, 5.74) is 0.872. The first kappa shape index (κ1) is 22.6. The molecule has 1 atom stereocenters. The van der Waals surface area contributed by atoms with E-state index in [-0.39, 0.29) is 23.7 Å². The number of rotatable bonds is 5. The van der Waals surface area contributed by atoms with E-state index in [1.807, 2.05) is 32.9 Å². The molecule has 7 nitrogen and oxygen atoms in total. The van der Waals surface area contributed by atoms with Crippen LogP contribution in [0.15, 0.2) is 42.7 Å². The van der Waals surface area contributed by atoms with Gasteiger partial charge in [-0.25, -0.2) is 9.67 Å². The Morgan fingerprint density at radius 2 is 1.79 bits per heavy atom. The molecule has 1 amide bonds. The molecule has 1 aromatic carbocycles. The Kier molecular flexibility index (Phi) is 6.01. The lowest BCUT2D eigenvalue weighted by atomic mass is 10.0. The van der Waals surface area contributed by atoms with Crippen molar-refractivity contribution in [3.05, 3.63) is 65.1 Å². The van der Waals surface area contributed by atoms with E-state index in [0.717, 1.165) is 17.8 Å². The molecule has 2 aromatic heterocycles. The summed E-state index contributed by atoms with van der Waals surface area (Å²) < 4.78 is 51.1. The van der Waals surface area contributed by atoms with Crippen molar-refractivity contribution in [2.24, 2.45) is 0 Å². The monoisotopic (exact) mass is 460 g/mol. The number of pyridine rings is 1. The summed E-state index contributed by atoms with van der Waals surface area (Å²) in [5, 5.41) is 7.18. The van der Waals surface area contributed by atoms with Crippen molar-refractivity contribution in [2.75, 3.05) is 13.2 Å². The third kappa shape index (κ3) is 4.64. The zero-order chi connectivity index (χ0) is 23.8. The van der Waals surface area contributed by atoms with E-state index in [9.17, 15) is 18.0 Å². The summed E-state index contributed by atoms with van der Waals surface area (Å²) in [6.07, 6.45) is -2.32. The molecule has 0 saturated heterocycles. The molecule has 3 heterocycles. The van der Waals surface area contributed by atoms with Crippen LogP contribution in [0.1, 0.15) is 59.9 Å². The minimum Gasteiger partial charge on any atom is -0.486 e. The van der Waals surface area contributed by atoms with Gasteiger partial charge < -0.3 is 14.8 Å². The zero-order valence-electron chi connectivity index (χ0n) is 18.3. The Hall–Kier alpha value is -3.56. The number of hydrogen-bond acceptors (Lipinski definition) is 5. The van der Waals surface area contributed by atoms with Crippen molar-refractivity contribution in [3.63, 3.8) is 0 Å². The van der Waals surface area contributed by atoms with Gasteiger partial charge in [0.05, 0.1) is 29.1 Å². The standard InChI is InChI=1S/C23H23F3N4O3/c1-13(2)21-17(12-28-30(21)20-7-5-16(11-27-20)23(24,25)26)22(31)29-14(3)15-4-6-18-19(10-15)33-9-8-32-18/h4-7,10-14H,8-9H2,1-3H3,(H,29,31). The van der Waals surface area contributed by atoms with Crippen LogP contribution < -0.4 is 14.8 Å². The summed E-state index contributed by atoms with van der Waals surface area (Å²) in [6, 6.07) is 7.34. The minimum absolute atomic E-state index is 0.137. The van der Waals surface area contributed by atoms with Crippen LogP contribution in [-0.2, 0) is 6.18 Å². The van der Waals surface area contributed by atoms with Gasteiger partial charge >= 0.3 is 6.18 Å². The normalized spacial score (nSPS) is 14.3. The van der Waals surface area contributed by atoms with Crippen molar-refractivity contribution in [1.82, 2.24) is 20.1 Å². The fraction of sp³-hybridized carbons (Fsp3) is 0.348. The zero-order valence-corrected chi connectivity index (χ0v) is 18.3. The summed E-state index contributed by atoms with van der Waals surface area (Å²) in [7, 11) is 0. The molecule has 0 fully saturated rings. The van der Waals surface area contributed by atoms with Crippen LogP contribution in [0.5, 0.6) is 11.5 Å². The highest BCUT2D eigenvalue weighted by Gasteiger charge is 2.31. The van der Waals surface area contributed by atoms with Crippen LogP contribution in [0.2, 0.25) is 0 Å². The Balaban J connectivity index is 1.57. The van der Waals surface area contributed by atoms with Crippen LogP contribution in [-0.4, -0.2) is 33.9 Å². The summed E-state index contributed by atoms with van der Waals surface area (Å²) >= 11 is 0. The Morgan fingerprint density at radius 1 is 1.06 bits per heavy atom. The lowest BCUT2D eigenvalue weighted by Crippen LogP contribution is -2.28. The highest BCUT2D eigenvalue weighted by atomic mass is 19.4. The number of carbonyl (C=O) groups is 1. The first-order chi connectivity index (χ1) is 15.6. The van der Waals surface area contributed by atoms with Gasteiger partial charge in [0.1, 0.15) is 13.2 Å². The highest BCUT2D eigenvalue weighted by Crippen LogP contribution is 2.33. The van der Waals surface area contributed by atoms with Gasteiger partial charge in [-0.15, -0.1) is 0 Å². The van der Waals surface area contributed by atoms with Gasteiger partial charge in [-0.2, -0.15) is 18.3 Å². The van der Waals surface area contributed by atoms with Crippen molar-refractivity contribution in [2.45, 2.75) is 38.9 Å². The van der Waals surface area contributed by atoms with Crippen LogP contribution >= 0.6 is 0 Å². The van der Waals surface area contributed by atoms with Crippen LogP contribution in [0, 0.1) is 0 Å². The van der Waals surface area contributed by atoms with E-state index >= 15 is 0 Å². The fourth-order valence-corrected chi connectivity index (χ4v) is 3.64. The summed E-state index contributed by atoms with van der Waals surface area (Å²) in [6.45, 7) is 6.55. The van der Waals surface area contributed by atoms with E-state index in [4.69, 9.17) is 9.47 Å². The van der Waals surface area contributed by atoms with Crippen molar-refractivity contribution in [1.29, 1.82) is 0 Å². The number of ether oxygens (including phenoxy) is 2. The first-order valence-electron chi connectivity index (χ1n) is 10.5. The van der Waals surface area contributed by atoms with Gasteiger partial charge in [0.25, 0.3) is 5.91 Å². The number of fused-ring (bicyclic) bond motifs is 1. The molecular formula is C23H23F3N4O3. The maximum absolute atomic E-state index is 13.1. The second kappa shape index (κ2) is 8.76. The fourth-order valence-electron chi connectivity index (χ4n) is 3.64. The van der Waals surface area contributed by atoms with Crippen molar-refractivity contribution in [3.8, 4) is 17.3 Å². The number of amides is 1. The minimum atomic E-state index is -4.48. The Labute approximate surface area is 188 Å². The maximum Gasteiger partial charge on any atom is 0.417 e. The third-order valence-corrected chi connectivity index (χ3v) is 5.30. The molecule has 0 saturated carbocycles. The quantitative estimate of drug-likeness (QED) is 0.599. The molecule has 1 N–H and O–H groups in total. The van der Waals surface area contributed by atoms with E-state index in [1.54, 1.807) is 6.07 Å². The van der Waals surface area contributed by atoms with E-state index in [1.165, 1.54) is 16.9 Å². The molecule has 3 aromatic rings. The SMILES string of the molecule is CC(C)c1c(C(=O)NC(C)c2ccc3c(c2)OCCO3)cnn1-c1ccc(C(F)(F)F)cn1. The molecule has 174 valence electrons. The number of alkyl halides is 3. The van der Waals surface area contributed by atoms with Gasteiger partial charge in [-0.3, -0.25) is 4.79 Å². The van der Waals surface area contributed by atoms with Crippen molar-refractivity contribution < 1.29 is 27.4 Å². The Morgan fingerprint density at radius 3 is 2.42 bits per heavy atom. The Bertz CT molecular complexity index is 1160. The number of halogens is 3. The predicted octanol–water partition coefficient (Wildman–Crippen LogP) is 4.67. The van der Waals surface area contributed by atoms with Gasteiger partial charge in [0, 0.05) is 6.20 Å². The topological polar surface area (TPSA) is 78.3 Å². The number of benzene rings is 1. The highest BCUT2D eigenvalue weighted by molar-refractivity contribution is 5.95. The molecule has 0 aliphatic carbocycles. The van der Waals surface area contributed by atoms with Crippen molar-refractivity contribution >= 4 is 5.91 Å². The maximum atomic E-state index is 13.1. The molecule has 10 heteroatoms. The van der Waals surface area contributed by atoms with E-state index in [0.29, 0.717) is 36.0 Å². The molecule has 0 bridgehead atoms. The second-order valence-corrected chi connectivity index (χ2v) is 8.01. The molecule has 1 unspecified atom stereocenters. The average molecular weight is 460 g/mol. The second-order valence-electron chi connectivity index (χ2n) is 8.01. The van der Waals surface area contributed by atoms with Gasteiger partial charge in [-0.05, 0) is 42.7 Å². The number of hydrogen-bond donors (Lipinski definition) is 1. The molecule has 1 aliphatic rings. The molecular weight excluding hydrogens is 437 g/mol. The molecule has 4 rings (SSSR count). The largest absolute Gasteiger partial charge is 0.486 e. The van der Waals surface area contributed by atoms with Gasteiger partial charge in [-0.1, -0.05) is 19.9 Å². The van der Waals surface area contributed by atoms with Crippen LogP contribution in [0.25, 0.3) is 5.82 Å². The smallest absolute Gasteiger partial charge is 0.417 e. The molecule has 0 spiro atoms. The van der Waals surface area contributed by atoms with E-state index < -0.39 is 11.7 Å². The van der Waals surface area contributed by atoms with Gasteiger partial charge in [0.2, 0.25) is 0 Å².